The van der Waals surface area contributed by atoms with Gasteiger partial charge in [0.2, 0.25) is 5.91 Å². The van der Waals surface area contributed by atoms with Crippen LogP contribution in [0, 0.1) is 5.92 Å². The molecule has 1 aliphatic carbocycles. The monoisotopic (exact) mass is 393 g/mol. The summed E-state index contributed by atoms with van der Waals surface area (Å²) in [5, 5.41) is 5.98. The molecule has 2 aromatic rings. The minimum Gasteiger partial charge on any atom is -0.379 e. The summed E-state index contributed by atoms with van der Waals surface area (Å²) >= 11 is 0. The second-order valence-electron chi connectivity index (χ2n) is 7.63. The van der Waals surface area contributed by atoms with Crippen molar-refractivity contribution in [3.63, 3.8) is 0 Å². The first-order valence-electron chi connectivity index (χ1n) is 10.3. The lowest BCUT2D eigenvalue weighted by Crippen LogP contribution is -2.43. The number of nitrogens with one attached hydrogen (secondary N) is 2. The van der Waals surface area contributed by atoms with Crippen LogP contribution in [0.1, 0.15) is 34.8 Å². The van der Waals surface area contributed by atoms with Gasteiger partial charge < -0.3 is 15.4 Å². The minimum absolute atomic E-state index is 0.0408. The van der Waals surface area contributed by atoms with Gasteiger partial charge in [-0.3, -0.25) is 14.5 Å². The highest BCUT2D eigenvalue weighted by molar-refractivity contribution is 5.98. The van der Waals surface area contributed by atoms with E-state index in [1.165, 1.54) is 5.56 Å². The Kier molecular flexibility index (Phi) is 6.22. The third-order valence-electron chi connectivity index (χ3n) is 5.47. The number of carbonyl (C=O) groups excluding carboxylic acids is 2. The lowest BCUT2D eigenvalue weighted by molar-refractivity contribution is -0.117. The smallest absolute Gasteiger partial charge is 0.251 e. The van der Waals surface area contributed by atoms with Crippen molar-refractivity contribution in [1.82, 2.24) is 10.2 Å². The fourth-order valence-corrected chi connectivity index (χ4v) is 3.64. The van der Waals surface area contributed by atoms with E-state index in [1.54, 1.807) is 18.2 Å². The van der Waals surface area contributed by atoms with Crippen molar-refractivity contribution < 1.29 is 14.3 Å². The molecule has 1 aliphatic heterocycles. The summed E-state index contributed by atoms with van der Waals surface area (Å²) in [4.78, 5) is 27.1. The summed E-state index contributed by atoms with van der Waals surface area (Å²) in [5.74, 6) is 0.0355. The fraction of sp³-hybridized carbons (Fsp3) is 0.391. The molecule has 0 bridgehead atoms. The van der Waals surface area contributed by atoms with Gasteiger partial charge in [-0.1, -0.05) is 36.4 Å². The van der Waals surface area contributed by atoms with Crippen molar-refractivity contribution in [3.8, 4) is 0 Å². The first-order valence-corrected chi connectivity index (χ1v) is 10.3. The number of rotatable bonds is 7. The Hall–Kier alpha value is -2.70. The van der Waals surface area contributed by atoms with Gasteiger partial charge in [-0.15, -0.1) is 0 Å². The number of morpholine rings is 1. The molecular weight excluding hydrogens is 366 g/mol. The molecule has 1 atom stereocenters. The molecular formula is C23H27N3O3. The number of ether oxygens (including phenoxy) is 1. The molecule has 0 spiro atoms. The summed E-state index contributed by atoms with van der Waals surface area (Å²) in [6.07, 6.45) is 1.91. The lowest BCUT2D eigenvalue weighted by atomic mass is 10.0. The van der Waals surface area contributed by atoms with Gasteiger partial charge in [0.1, 0.15) is 0 Å². The quantitative estimate of drug-likeness (QED) is 0.759. The van der Waals surface area contributed by atoms with Crippen LogP contribution in [0.4, 0.5) is 5.69 Å². The normalized spacial score (nSPS) is 18.1. The third-order valence-corrected chi connectivity index (χ3v) is 5.47. The average molecular weight is 393 g/mol. The molecule has 0 radical (unpaired) electrons. The van der Waals surface area contributed by atoms with Crippen LogP contribution in [0.3, 0.4) is 0 Å². The number of anilines is 1. The van der Waals surface area contributed by atoms with Crippen LogP contribution in [0.2, 0.25) is 0 Å². The predicted molar refractivity (Wildman–Crippen MR) is 112 cm³/mol. The molecule has 0 aromatic heterocycles. The summed E-state index contributed by atoms with van der Waals surface area (Å²) in [6.45, 7) is 3.62. The highest BCUT2D eigenvalue weighted by Crippen LogP contribution is 2.30. The van der Waals surface area contributed by atoms with Gasteiger partial charge in [0.25, 0.3) is 5.91 Å². The van der Waals surface area contributed by atoms with Crippen LogP contribution in [0.15, 0.2) is 54.6 Å². The molecule has 2 amide bonds. The molecule has 2 aromatic carbocycles. The molecule has 152 valence electrons. The van der Waals surface area contributed by atoms with E-state index in [4.69, 9.17) is 4.74 Å². The van der Waals surface area contributed by atoms with E-state index in [1.807, 2.05) is 24.3 Å². The van der Waals surface area contributed by atoms with Crippen LogP contribution in [-0.2, 0) is 9.53 Å². The zero-order valence-electron chi connectivity index (χ0n) is 16.5. The molecule has 4 rings (SSSR count). The molecule has 2 aliphatic rings. The molecule has 1 saturated carbocycles. The number of carbonyl (C=O) groups is 2. The minimum atomic E-state index is -0.137. The second kappa shape index (κ2) is 9.20. The van der Waals surface area contributed by atoms with E-state index in [9.17, 15) is 9.59 Å². The molecule has 2 N–H and O–H groups in total. The molecule has 1 unspecified atom stereocenters. The van der Waals surface area contributed by atoms with Gasteiger partial charge in [-0.25, -0.2) is 0 Å². The third kappa shape index (κ3) is 5.22. The summed E-state index contributed by atoms with van der Waals surface area (Å²) in [7, 11) is 0. The van der Waals surface area contributed by atoms with Gasteiger partial charge in [0.15, 0.2) is 0 Å². The zero-order valence-corrected chi connectivity index (χ0v) is 16.5. The van der Waals surface area contributed by atoms with E-state index < -0.39 is 0 Å². The Morgan fingerprint density at radius 1 is 1.03 bits per heavy atom. The molecule has 6 nitrogen and oxygen atoms in total. The van der Waals surface area contributed by atoms with Crippen molar-refractivity contribution in [1.29, 1.82) is 0 Å². The Morgan fingerprint density at radius 3 is 2.52 bits per heavy atom. The predicted octanol–water partition coefficient (Wildman–Crippen LogP) is 2.84. The van der Waals surface area contributed by atoms with Gasteiger partial charge in [-0.2, -0.15) is 0 Å². The fourth-order valence-electron chi connectivity index (χ4n) is 3.64. The first kappa shape index (κ1) is 19.6. The average Bonchev–Trinajstić information content (AvgIpc) is 3.61. The van der Waals surface area contributed by atoms with Crippen LogP contribution in [0.25, 0.3) is 0 Å². The number of hydrogen-bond acceptors (Lipinski definition) is 4. The SMILES string of the molecule is O=C(NCC(c1ccccc1)N1CCOCC1)c1cccc(NC(=O)C2CC2)c1. The Morgan fingerprint density at radius 2 is 1.79 bits per heavy atom. The van der Waals surface area contributed by atoms with Crippen LogP contribution in [-0.4, -0.2) is 49.6 Å². The number of nitrogens with zero attached hydrogens (tertiary/aromatic N) is 1. The summed E-state index contributed by atoms with van der Waals surface area (Å²) in [5.41, 5.74) is 2.40. The first-order chi connectivity index (χ1) is 14.2. The van der Waals surface area contributed by atoms with E-state index in [2.05, 4.69) is 27.7 Å². The Labute approximate surface area is 171 Å². The Balaban J connectivity index is 1.41. The summed E-state index contributed by atoms with van der Waals surface area (Å²) < 4.78 is 5.48. The van der Waals surface area contributed by atoms with E-state index in [-0.39, 0.29) is 23.8 Å². The maximum atomic E-state index is 12.8. The van der Waals surface area contributed by atoms with E-state index >= 15 is 0 Å². The standard InChI is InChI=1S/C23H27N3O3/c27-22(19-7-4-8-20(15-19)25-23(28)18-9-10-18)24-16-21(17-5-2-1-3-6-17)26-11-13-29-14-12-26/h1-8,15,18,21H,9-14,16H2,(H,24,27)(H,25,28). The molecule has 29 heavy (non-hydrogen) atoms. The maximum Gasteiger partial charge on any atom is 0.251 e. The van der Waals surface area contributed by atoms with E-state index in [0.29, 0.717) is 31.0 Å². The van der Waals surface area contributed by atoms with Crippen LogP contribution < -0.4 is 10.6 Å². The van der Waals surface area contributed by atoms with Crippen molar-refractivity contribution in [2.75, 3.05) is 38.2 Å². The maximum absolute atomic E-state index is 12.8. The van der Waals surface area contributed by atoms with Crippen molar-refractivity contribution in [2.24, 2.45) is 5.92 Å². The largest absolute Gasteiger partial charge is 0.379 e. The number of benzene rings is 2. The topological polar surface area (TPSA) is 70.7 Å². The Bertz CT molecular complexity index is 845. The molecule has 1 heterocycles. The molecule has 1 saturated heterocycles. The summed E-state index contributed by atoms with van der Waals surface area (Å²) in [6, 6.07) is 17.5. The van der Waals surface area contributed by atoms with Crippen molar-refractivity contribution in [2.45, 2.75) is 18.9 Å². The van der Waals surface area contributed by atoms with E-state index in [0.717, 1.165) is 25.9 Å². The van der Waals surface area contributed by atoms with Crippen molar-refractivity contribution >= 4 is 17.5 Å². The van der Waals surface area contributed by atoms with Crippen LogP contribution in [0.5, 0.6) is 0 Å². The number of amides is 2. The number of hydrogen-bond donors (Lipinski definition) is 2. The second-order valence-corrected chi connectivity index (χ2v) is 7.63. The molecule has 2 fully saturated rings. The van der Waals surface area contributed by atoms with Crippen molar-refractivity contribution in [3.05, 3.63) is 65.7 Å². The van der Waals surface area contributed by atoms with Gasteiger partial charge in [0, 0.05) is 36.8 Å². The van der Waals surface area contributed by atoms with Crippen LogP contribution >= 0.6 is 0 Å². The lowest BCUT2D eigenvalue weighted by Gasteiger charge is -2.35. The molecule has 6 heteroatoms. The van der Waals surface area contributed by atoms with Gasteiger partial charge in [-0.05, 0) is 36.6 Å². The highest BCUT2D eigenvalue weighted by atomic mass is 16.5. The van der Waals surface area contributed by atoms with Gasteiger partial charge >= 0.3 is 0 Å². The zero-order chi connectivity index (χ0) is 20.1. The van der Waals surface area contributed by atoms with Gasteiger partial charge in [0.05, 0.1) is 19.3 Å². The highest BCUT2D eigenvalue weighted by Gasteiger charge is 2.29.